The Bertz CT molecular complexity index is 1420. The maximum atomic E-state index is 13.8. The maximum absolute atomic E-state index is 13.8. The predicted molar refractivity (Wildman–Crippen MR) is 129 cm³/mol. The molecule has 2 aliphatic rings. The third-order valence-corrected chi connectivity index (χ3v) is 7.41. The van der Waals surface area contributed by atoms with Crippen molar-refractivity contribution < 1.29 is 27.1 Å². The number of halogens is 3. The summed E-state index contributed by atoms with van der Waals surface area (Å²) in [4.78, 5) is 33.4. The largest absolute Gasteiger partial charge is 0.419 e. The molecule has 1 fully saturated rings. The number of ether oxygens (including phenoxy) is 1. The first kappa shape index (κ1) is 25.5. The van der Waals surface area contributed by atoms with Crippen molar-refractivity contribution in [2.45, 2.75) is 32.1 Å². The smallest absolute Gasteiger partial charge is 0.408 e. The van der Waals surface area contributed by atoms with Gasteiger partial charge in [0.1, 0.15) is 7.85 Å². The second-order valence-corrected chi connectivity index (χ2v) is 9.92. The molecule has 2 aromatic heterocycles. The van der Waals surface area contributed by atoms with Gasteiger partial charge in [-0.25, -0.2) is 4.79 Å². The van der Waals surface area contributed by atoms with Crippen LogP contribution in [0.4, 0.5) is 13.2 Å². The number of oxazole rings is 1. The Morgan fingerprint density at radius 3 is 2.78 bits per heavy atom. The number of fused-ring (bicyclic) bond motifs is 2. The fraction of sp³-hybridized carbons (Fsp3) is 0.480. The maximum Gasteiger partial charge on any atom is 0.419 e. The van der Waals surface area contributed by atoms with Crippen LogP contribution in [0.15, 0.2) is 33.6 Å². The lowest BCUT2D eigenvalue weighted by Crippen LogP contribution is -2.49. The van der Waals surface area contributed by atoms with Gasteiger partial charge in [-0.15, -0.1) is 0 Å². The minimum atomic E-state index is -4.49. The van der Waals surface area contributed by atoms with E-state index in [9.17, 15) is 22.8 Å². The highest BCUT2D eigenvalue weighted by Crippen LogP contribution is 2.36. The normalized spacial score (nSPS) is 20.5. The van der Waals surface area contributed by atoms with Crippen molar-refractivity contribution in [3.05, 3.63) is 57.3 Å². The number of rotatable bonds is 5. The Balaban J connectivity index is 1.35. The van der Waals surface area contributed by atoms with E-state index in [0.717, 1.165) is 17.8 Å². The first-order chi connectivity index (χ1) is 17.5. The Morgan fingerprint density at radius 1 is 1.27 bits per heavy atom. The number of aryl methyl sites for hydroxylation is 1. The van der Waals surface area contributed by atoms with Crippen LogP contribution >= 0.6 is 0 Å². The molecule has 2 aliphatic heterocycles. The quantitative estimate of drug-likeness (QED) is 0.483. The van der Waals surface area contributed by atoms with E-state index in [2.05, 4.69) is 9.88 Å². The number of carbonyl (C=O) groups is 1. The van der Waals surface area contributed by atoms with Crippen LogP contribution < -0.4 is 11.2 Å². The third kappa shape index (κ3) is 4.68. The summed E-state index contributed by atoms with van der Waals surface area (Å²) in [6.45, 7) is 2.13. The molecule has 0 saturated carbocycles. The minimum Gasteiger partial charge on any atom is -0.408 e. The van der Waals surface area contributed by atoms with Crippen molar-refractivity contribution in [3.8, 4) is 0 Å². The summed E-state index contributed by atoms with van der Waals surface area (Å²) in [5, 5.41) is 0. The summed E-state index contributed by atoms with van der Waals surface area (Å²) in [6, 6.07) is 4.54. The number of alkyl halides is 3. The molecule has 3 aromatic rings. The number of likely N-dealkylation sites (tertiary alicyclic amines) is 1. The van der Waals surface area contributed by atoms with Crippen LogP contribution in [0.5, 0.6) is 0 Å². The molecule has 12 heteroatoms. The molecule has 8 nitrogen and oxygen atoms in total. The molecule has 0 spiro atoms. The van der Waals surface area contributed by atoms with E-state index in [-0.39, 0.29) is 19.1 Å². The van der Waals surface area contributed by atoms with Gasteiger partial charge < -0.3 is 14.1 Å². The summed E-state index contributed by atoms with van der Waals surface area (Å²) in [7, 11) is 9.39. The van der Waals surface area contributed by atoms with Crippen molar-refractivity contribution >= 4 is 30.3 Å². The number of nitrogens with zero attached hydrogens (tertiary/aromatic N) is 4. The molecule has 4 heterocycles. The van der Waals surface area contributed by atoms with Gasteiger partial charge in [0.05, 0.1) is 23.1 Å². The Hall–Kier alpha value is -3.12. The summed E-state index contributed by atoms with van der Waals surface area (Å²) in [5.41, 5.74) is 1.69. The minimum absolute atomic E-state index is 0.0781. The fourth-order valence-electron chi connectivity index (χ4n) is 5.42. The van der Waals surface area contributed by atoms with E-state index in [0.29, 0.717) is 66.8 Å². The number of hydrogen-bond acceptors (Lipinski definition) is 6. The van der Waals surface area contributed by atoms with Crippen LogP contribution in [0.1, 0.15) is 28.8 Å². The highest BCUT2D eigenvalue weighted by Gasteiger charge is 2.47. The van der Waals surface area contributed by atoms with Crippen molar-refractivity contribution in [2.24, 2.45) is 12.5 Å². The molecule has 194 valence electrons. The second kappa shape index (κ2) is 9.32. The Kier molecular flexibility index (Phi) is 6.43. The monoisotopic (exact) mass is 514 g/mol. The van der Waals surface area contributed by atoms with Gasteiger partial charge in [-0.05, 0) is 42.3 Å². The highest BCUT2D eigenvalue weighted by atomic mass is 19.4. The molecule has 1 atom stereocenters. The van der Waals surface area contributed by atoms with E-state index in [1.165, 1.54) is 11.7 Å². The molecular weight excluding hydrogens is 488 g/mol. The molecule has 5 rings (SSSR count). The molecule has 1 aromatic carbocycles. The summed E-state index contributed by atoms with van der Waals surface area (Å²) >= 11 is 0. The number of hydrogen-bond donors (Lipinski definition) is 0. The lowest BCUT2D eigenvalue weighted by Gasteiger charge is -2.36. The molecule has 1 amide bonds. The van der Waals surface area contributed by atoms with E-state index in [1.807, 2.05) is 6.07 Å². The van der Waals surface area contributed by atoms with Crippen molar-refractivity contribution in [1.29, 1.82) is 0 Å². The highest BCUT2D eigenvalue weighted by molar-refractivity contribution is 6.34. The fourth-order valence-corrected chi connectivity index (χ4v) is 5.42. The average molecular weight is 514 g/mol. The number of benzene rings is 1. The number of pyridine rings is 1. The zero-order chi connectivity index (χ0) is 26.5. The molecule has 0 bridgehead atoms. The average Bonchev–Trinajstić information content (AvgIpc) is 3.38. The zero-order valence-corrected chi connectivity index (χ0v) is 20.6. The van der Waals surface area contributed by atoms with E-state index >= 15 is 0 Å². The lowest BCUT2D eigenvalue weighted by atomic mass is 9.85. The van der Waals surface area contributed by atoms with Gasteiger partial charge in [-0.3, -0.25) is 19.2 Å². The SMILES string of the molecule is [B]c1cc2oc(=O)n(C)c2cc1CN1CCC(COC)(C(=O)N2CCc3ncc(C(F)(F)F)cc3C2)C1. The Morgan fingerprint density at radius 2 is 2.05 bits per heavy atom. The van der Waals surface area contributed by atoms with Gasteiger partial charge in [0.15, 0.2) is 5.58 Å². The predicted octanol–water partition coefficient (Wildman–Crippen LogP) is 1.76. The summed E-state index contributed by atoms with van der Waals surface area (Å²) in [6.07, 6.45) is -2.71. The van der Waals surface area contributed by atoms with Crippen molar-refractivity contribution in [3.63, 3.8) is 0 Å². The van der Waals surface area contributed by atoms with E-state index in [1.54, 1.807) is 18.0 Å². The lowest BCUT2D eigenvalue weighted by molar-refractivity contribution is -0.145. The molecule has 1 saturated heterocycles. The van der Waals surface area contributed by atoms with Crippen LogP contribution in [-0.2, 0) is 42.3 Å². The van der Waals surface area contributed by atoms with Crippen LogP contribution in [0.25, 0.3) is 11.1 Å². The first-order valence-electron chi connectivity index (χ1n) is 11.9. The molecule has 2 radical (unpaired) electrons. The second-order valence-electron chi connectivity index (χ2n) is 9.92. The van der Waals surface area contributed by atoms with E-state index in [4.69, 9.17) is 17.0 Å². The van der Waals surface area contributed by atoms with Crippen LogP contribution in [0.2, 0.25) is 0 Å². The topological polar surface area (TPSA) is 80.8 Å². The van der Waals surface area contributed by atoms with Gasteiger partial charge in [-0.2, -0.15) is 13.2 Å². The summed E-state index contributed by atoms with van der Waals surface area (Å²) in [5.74, 6) is -0.612. The number of carbonyl (C=O) groups excluding carboxylic acids is 1. The van der Waals surface area contributed by atoms with Gasteiger partial charge in [0.2, 0.25) is 5.91 Å². The van der Waals surface area contributed by atoms with Crippen LogP contribution in [-0.4, -0.2) is 66.5 Å². The molecule has 0 aliphatic carbocycles. The molecule has 0 N–H and O–H groups in total. The van der Waals surface area contributed by atoms with Crippen molar-refractivity contribution in [2.75, 3.05) is 33.4 Å². The molecule has 37 heavy (non-hydrogen) atoms. The van der Waals surface area contributed by atoms with Gasteiger partial charge in [-0.1, -0.05) is 5.46 Å². The van der Waals surface area contributed by atoms with Gasteiger partial charge >= 0.3 is 11.9 Å². The third-order valence-electron chi connectivity index (χ3n) is 7.41. The van der Waals surface area contributed by atoms with Gasteiger partial charge in [0, 0.05) is 58.6 Å². The van der Waals surface area contributed by atoms with Crippen LogP contribution in [0.3, 0.4) is 0 Å². The zero-order valence-electron chi connectivity index (χ0n) is 20.6. The molecule has 1 unspecified atom stereocenters. The first-order valence-corrected chi connectivity index (χ1v) is 11.9. The standard InChI is InChI=1S/C25H26BF3N4O4/c1-31-20-8-15(18(26)9-21(20)37-23(31)35)11-32-6-4-24(13-32,14-36-2)22(34)33-5-3-19-16(12-33)7-17(10-30-19)25(27,28)29/h7-10H,3-6,11-14H2,1-2H3. The number of amides is 1. The molecular formula is C25H26BF3N4O4. The summed E-state index contributed by atoms with van der Waals surface area (Å²) < 4.78 is 51.7. The Labute approximate surface area is 212 Å². The van der Waals surface area contributed by atoms with Crippen molar-refractivity contribution in [1.82, 2.24) is 19.4 Å². The number of methoxy groups -OCH3 is 1. The van der Waals surface area contributed by atoms with E-state index < -0.39 is 22.9 Å². The van der Waals surface area contributed by atoms with Crippen LogP contribution in [0, 0.1) is 5.41 Å². The van der Waals surface area contributed by atoms with Gasteiger partial charge in [0.25, 0.3) is 0 Å². The number of aromatic nitrogens is 2.